The summed E-state index contributed by atoms with van der Waals surface area (Å²) in [4.78, 5) is 88.8. The number of carbonyl (C=O) groups excluding carboxylic acids is 3. The second-order valence-electron chi connectivity index (χ2n) is 16.7. The number of rotatable bonds is 33. The van der Waals surface area contributed by atoms with E-state index >= 15 is 0 Å². The van der Waals surface area contributed by atoms with E-state index in [9.17, 15) is 74.4 Å². The number of carboxylic acids is 3. The Bertz CT molecular complexity index is 1850. The fourth-order valence-electron chi connectivity index (χ4n) is 7.56. The number of aliphatic hydroxyl groups is 6. The number of aromatic nitrogens is 2. The third kappa shape index (κ3) is 18.8. The van der Waals surface area contributed by atoms with E-state index in [0.717, 1.165) is 68.8 Å². The van der Waals surface area contributed by atoms with Gasteiger partial charge in [0.2, 0.25) is 17.7 Å². The molecule has 3 rings (SSSR count). The van der Waals surface area contributed by atoms with Crippen molar-refractivity contribution in [3.8, 4) is 0 Å². The molecule has 0 bridgehead atoms. The van der Waals surface area contributed by atoms with Crippen molar-refractivity contribution in [1.29, 1.82) is 0 Å². The van der Waals surface area contributed by atoms with Gasteiger partial charge in [0.1, 0.15) is 48.5 Å². The number of nitrogens with one attached hydrogen (secondary N) is 3. The number of aliphatic hydroxyl groups excluding tert-OH is 6. The molecule has 0 aromatic carbocycles. The first-order valence-electron chi connectivity index (χ1n) is 22.6. The molecule has 2 saturated heterocycles. The smallest absolute Gasteiger partial charge is 0.364 e. The quantitative estimate of drug-likeness (QED) is 0.0271. The van der Waals surface area contributed by atoms with Gasteiger partial charge in [0.05, 0.1) is 31.9 Å². The van der Waals surface area contributed by atoms with Crippen molar-refractivity contribution in [2.75, 3.05) is 25.5 Å². The van der Waals surface area contributed by atoms with E-state index in [4.69, 9.17) is 29.4 Å². The van der Waals surface area contributed by atoms with Crippen molar-refractivity contribution >= 4 is 50.5 Å². The molecule has 0 radical (unpaired) electrons. The summed E-state index contributed by atoms with van der Waals surface area (Å²) in [6.45, 7) is -2.38. The third-order valence-corrected chi connectivity index (χ3v) is 12.1. The van der Waals surface area contributed by atoms with Crippen LogP contribution in [0.4, 0.5) is 5.82 Å². The number of carbonyl (C=O) groups is 6. The van der Waals surface area contributed by atoms with Crippen molar-refractivity contribution < 1.29 is 93.2 Å². The van der Waals surface area contributed by atoms with Gasteiger partial charge in [-0.1, -0.05) is 64.2 Å². The first-order valence-corrected chi connectivity index (χ1v) is 23.4. The van der Waals surface area contributed by atoms with Crippen LogP contribution in [0.3, 0.4) is 0 Å². The van der Waals surface area contributed by atoms with Crippen LogP contribution in [0.2, 0.25) is 0 Å². The minimum atomic E-state index is -2.81. The summed E-state index contributed by atoms with van der Waals surface area (Å²) < 4.78 is 22.7. The second kappa shape index (κ2) is 29.5. The number of hydrogen-bond acceptors (Lipinski definition) is 19. The molecule has 12 unspecified atom stereocenters. The molecule has 3 heterocycles. The van der Waals surface area contributed by atoms with Gasteiger partial charge in [-0.2, -0.15) is 4.98 Å². The second-order valence-corrected chi connectivity index (χ2v) is 17.4. The number of hydrogen-bond donors (Lipinski definition) is 13. The van der Waals surface area contributed by atoms with Crippen molar-refractivity contribution in [3.05, 3.63) is 22.7 Å². The molecule has 1 aromatic heterocycles. The van der Waals surface area contributed by atoms with Crippen LogP contribution in [0.1, 0.15) is 115 Å². The number of nitrogens with zero attached hydrogens (tertiary/aromatic N) is 2. The Kier molecular flexibility index (Phi) is 25.1. The standard InChI is InChI=1S/C41H67N6O20P/c42-27-17-18-47(40(63)45-27)37-35(58)34(57)26(65-37)22-64-68-67-41(39(61)62)19-24(49)32(36(66-41)33(56)25(50)21-48)46-30(53)20-43-28(51)16-15-23(38(59)60)44-29(52)13-11-9-7-5-3-1-2-4-6-8-10-12-14-31(54)55/h17-18,23-26,32-37,48-50,56-58,68H,1-16,19-22H2,(H,43,51)(H,44,52)(H,46,53)(H,54,55)(H,59,60)(H,61,62)(H2,42,45,63). The first-order chi connectivity index (χ1) is 32.3. The van der Waals surface area contributed by atoms with Gasteiger partial charge in [-0.25, -0.2) is 14.4 Å². The Morgan fingerprint density at radius 2 is 1.47 bits per heavy atom. The molecule has 2 aliphatic heterocycles. The van der Waals surface area contributed by atoms with Crippen LogP contribution in [0.25, 0.3) is 0 Å². The van der Waals surface area contributed by atoms with Gasteiger partial charge in [0, 0.05) is 31.9 Å². The largest absolute Gasteiger partial charge is 0.481 e. The lowest BCUT2D eigenvalue weighted by molar-refractivity contribution is -0.283. The van der Waals surface area contributed by atoms with Gasteiger partial charge in [-0.15, -0.1) is 0 Å². The molecule has 12 atom stereocenters. The maximum Gasteiger partial charge on any atom is 0.364 e. The predicted molar refractivity (Wildman–Crippen MR) is 235 cm³/mol. The van der Waals surface area contributed by atoms with Crippen molar-refractivity contribution in [2.45, 2.75) is 176 Å². The van der Waals surface area contributed by atoms with Crippen LogP contribution in [-0.4, -0.2) is 171 Å². The van der Waals surface area contributed by atoms with Crippen LogP contribution in [0, 0.1) is 0 Å². The molecule has 0 aliphatic carbocycles. The molecule has 14 N–H and O–H groups in total. The normalized spacial score (nSPS) is 25.1. The summed E-state index contributed by atoms with van der Waals surface area (Å²) in [7, 11) is -1.25. The molecule has 0 spiro atoms. The van der Waals surface area contributed by atoms with Crippen LogP contribution in [-0.2, 0) is 47.3 Å². The van der Waals surface area contributed by atoms with E-state index in [0.29, 0.717) is 12.8 Å². The van der Waals surface area contributed by atoms with Crippen LogP contribution < -0.4 is 27.4 Å². The number of amides is 3. The Morgan fingerprint density at radius 1 is 0.868 bits per heavy atom. The average molecular weight is 995 g/mol. The lowest BCUT2D eigenvalue weighted by atomic mass is 9.88. The van der Waals surface area contributed by atoms with Gasteiger partial charge >= 0.3 is 23.6 Å². The van der Waals surface area contributed by atoms with Gasteiger partial charge < -0.3 is 81.6 Å². The maximum atomic E-state index is 13.0. The monoisotopic (exact) mass is 994 g/mol. The van der Waals surface area contributed by atoms with Gasteiger partial charge in [-0.3, -0.25) is 28.3 Å². The molecular weight excluding hydrogens is 927 g/mol. The van der Waals surface area contributed by atoms with Crippen LogP contribution >= 0.6 is 9.03 Å². The number of unbranched alkanes of at least 4 members (excludes halogenated alkanes) is 11. The Hall–Kier alpha value is -4.47. The molecule has 68 heavy (non-hydrogen) atoms. The summed E-state index contributed by atoms with van der Waals surface area (Å²) >= 11 is 0. The molecule has 386 valence electrons. The molecule has 3 amide bonds. The zero-order valence-electron chi connectivity index (χ0n) is 37.6. The summed E-state index contributed by atoms with van der Waals surface area (Å²) in [6, 6.07) is -1.82. The molecule has 26 nitrogen and oxygen atoms in total. The number of ether oxygens (including phenoxy) is 2. The van der Waals surface area contributed by atoms with E-state index < -0.39 is 150 Å². The summed E-state index contributed by atoms with van der Waals surface area (Å²) in [5.41, 5.74) is 4.60. The van der Waals surface area contributed by atoms with E-state index in [1.807, 2.05) is 0 Å². The lowest BCUT2D eigenvalue weighted by Crippen LogP contribution is -2.68. The fraction of sp³-hybridized carbons (Fsp3) is 0.756. The Labute approximate surface area is 392 Å². The Balaban J connectivity index is 1.43. The zero-order chi connectivity index (χ0) is 50.4. The van der Waals surface area contributed by atoms with Gasteiger partial charge in [0.25, 0.3) is 5.79 Å². The molecule has 1 aromatic rings. The van der Waals surface area contributed by atoms with Crippen molar-refractivity contribution in [3.63, 3.8) is 0 Å². The van der Waals surface area contributed by atoms with Crippen molar-refractivity contribution in [1.82, 2.24) is 25.5 Å². The van der Waals surface area contributed by atoms with E-state index in [-0.39, 0.29) is 25.1 Å². The Morgan fingerprint density at radius 3 is 2.03 bits per heavy atom. The number of nitrogens with two attached hydrogens (primary N) is 1. The van der Waals surface area contributed by atoms with E-state index in [2.05, 4.69) is 20.9 Å². The number of anilines is 1. The SMILES string of the molecule is Nc1ccn(C2OC(COPOC3(C(=O)O)CC(O)C(NC(=O)CNC(=O)CCC(NC(=O)CCCCCCCCCCCCCCC(=O)O)C(=O)O)C(C(O)C(O)CO)O3)C(O)C2O)c(=O)n1. The predicted octanol–water partition coefficient (Wildman–Crippen LogP) is -1.87. The molecule has 27 heteroatoms. The minimum absolute atomic E-state index is 0.0940. The summed E-state index contributed by atoms with van der Waals surface area (Å²) in [6.07, 6.45) is -2.74. The number of carboxylic acid groups (broad SMARTS) is 3. The highest BCUT2D eigenvalue weighted by Crippen LogP contribution is 2.39. The molecule has 0 saturated carbocycles. The van der Waals surface area contributed by atoms with Crippen LogP contribution in [0.15, 0.2) is 17.1 Å². The fourth-order valence-corrected chi connectivity index (χ4v) is 8.20. The molecular formula is C41H67N6O20P. The number of nitrogen functional groups attached to an aromatic ring is 1. The summed E-state index contributed by atoms with van der Waals surface area (Å²) in [5, 5.41) is 98.1. The molecule has 2 fully saturated rings. The topological polar surface area (TPSA) is 418 Å². The van der Waals surface area contributed by atoms with Crippen LogP contribution in [0.5, 0.6) is 0 Å². The van der Waals surface area contributed by atoms with E-state index in [1.165, 1.54) is 12.3 Å². The third-order valence-electron chi connectivity index (χ3n) is 11.4. The lowest BCUT2D eigenvalue weighted by Gasteiger charge is -2.46. The first kappa shape index (κ1) is 57.8. The highest BCUT2D eigenvalue weighted by molar-refractivity contribution is 7.26. The van der Waals surface area contributed by atoms with E-state index in [1.54, 1.807) is 0 Å². The summed E-state index contributed by atoms with van der Waals surface area (Å²) in [5.74, 6) is -9.19. The maximum absolute atomic E-state index is 13.0. The molecule has 2 aliphatic rings. The minimum Gasteiger partial charge on any atom is -0.481 e. The average Bonchev–Trinajstić information content (AvgIpc) is 3.56. The highest BCUT2D eigenvalue weighted by atomic mass is 31.1. The van der Waals surface area contributed by atoms with Gasteiger partial charge in [0.15, 0.2) is 15.3 Å². The highest BCUT2D eigenvalue weighted by Gasteiger charge is 2.56. The number of aliphatic carboxylic acids is 3. The van der Waals surface area contributed by atoms with Gasteiger partial charge in [-0.05, 0) is 25.3 Å². The van der Waals surface area contributed by atoms with Crippen molar-refractivity contribution in [2.24, 2.45) is 0 Å². The zero-order valence-corrected chi connectivity index (χ0v) is 38.6.